The number of hydrogen-bond donors (Lipinski definition) is 2. The maximum atomic E-state index is 12.9. The molecule has 0 fully saturated rings. The lowest BCUT2D eigenvalue weighted by atomic mass is 10.0. The number of aliphatic hydroxyl groups excluding tert-OH is 1. The molecule has 0 aromatic rings. The van der Waals surface area contributed by atoms with Crippen LogP contribution in [0.2, 0.25) is 0 Å². The van der Waals surface area contributed by atoms with E-state index in [1.807, 2.05) is 27.2 Å². The molecular formula is C56H105N2O6P. The average Bonchev–Trinajstić information content (AvgIpc) is 3.26. The Morgan fingerprint density at radius 2 is 0.877 bits per heavy atom. The van der Waals surface area contributed by atoms with Gasteiger partial charge >= 0.3 is 0 Å². The van der Waals surface area contributed by atoms with Gasteiger partial charge in [0.05, 0.1) is 39.9 Å². The fourth-order valence-corrected chi connectivity index (χ4v) is 8.54. The molecule has 380 valence electrons. The number of carbonyl (C=O) groups excluding carboxylic acids is 1. The van der Waals surface area contributed by atoms with Gasteiger partial charge in [0.1, 0.15) is 13.2 Å². The van der Waals surface area contributed by atoms with E-state index in [2.05, 4.69) is 67.8 Å². The van der Waals surface area contributed by atoms with Crippen LogP contribution in [-0.4, -0.2) is 68.5 Å². The highest BCUT2D eigenvalue weighted by molar-refractivity contribution is 7.45. The Morgan fingerprint density at radius 3 is 1.23 bits per heavy atom. The zero-order chi connectivity index (χ0) is 47.8. The monoisotopic (exact) mass is 933 g/mol. The second-order valence-electron chi connectivity index (χ2n) is 19.6. The minimum absolute atomic E-state index is 0.00639. The summed E-state index contributed by atoms with van der Waals surface area (Å²) in [4.78, 5) is 25.4. The van der Waals surface area contributed by atoms with Crippen LogP contribution >= 0.6 is 7.82 Å². The van der Waals surface area contributed by atoms with Gasteiger partial charge in [-0.3, -0.25) is 9.36 Å². The Hall–Kier alpha value is -1.80. The van der Waals surface area contributed by atoms with E-state index < -0.39 is 20.0 Å². The van der Waals surface area contributed by atoms with Crippen LogP contribution in [0.25, 0.3) is 0 Å². The molecule has 0 heterocycles. The maximum absolute atomic E-state index is 12.9. The van der Waals surface area contributed by atoms with Crippen LogP contribution in [0.4, 0.5) is 0 Å². The molecule has 0 saturated heterocycles. The highest BCUT2D eigenvalue weighted by Crippen LogP contribution is 2.38. The number of nitrogens with one attached hydrogen (secondary N) is 1. The number of amides is 1. The molecule has 0 radical (unpaired) electrons. The third-order valence-corrected chi connectivity index (χ3v) is 13.0. The van der Waals surface area contributed by atoms with E-state index in [0.29, 0.717) is 23.9 Å². The van der Waals surface area contributed by atoms with Gasteiger partial charge in [0.2, 0.25) is 5.91 Å². The van der Waals surface area contributed by atoms with Crippen LogP contribution in [0.3, 0.4) is 0 Å². The SMILES string of the molecule is CC/C=C\C/C=C\C/C=C\C/C=C\C/C=C\CC(=O)NC(COP(=O)([O-])OCC[N+](C)(C)C)C(O)CCCCCCCCCCCCCCCCCCCCCCCCCCCCCC. The second kappa shape index (κ2) is 47.3. The van der Waals surface area contributed by atoms with Gasteiger partial charge in [-0.15, -0.1) is 0 Å². The number of hydrogen-bond acceptors (Lipinski definition) is 6. The van der Waals surface area contributed by atoms with Crippen molar-refractivity contribution < 1.29 is 32.9 Å². The zero-order valence-electron chi connectivity index (χ0n) is 43.2. The third-order valence-electron chi connectivity index (χ3n) is 12.0. The minimum atomic E-state index is -4.60. The molecular weight excluding hydrogens is 828 g/mol. The van der Waals surface area contributed by atoms with Gasteiger partial charge in [-0.2, -0.15) is 0 Å². The average molecular weight is 933 g/mol. The molecule has 3 unspecified atom stereocenters. The number of carbonyl (C=O) groups is 1. The van der Waals surface area contributed by atoms with E-state index in [1.165, 1.54) is 161 Å². The van der Waals surface area contributed by atoms with Crippen molar-refractivity contribution in [2.75, 3.05) is 40.9 Å². The van der Waals surface area contributed by atoms with Crippen molar-refractivity contribution >= 4 is 13.7 Å². The highest BCUT2D eigenvalue weighted by Gasteiger charge is 2.24. The van der Waals surface area contributed by atoms with Crippen LogP contribution < -0.4 is 10.2 Å². The first kappa shape index (κ1) is 63.2. The van der Waals surface area contributed by atoms with Crippen LogP contribution in [0.15, 0.2) is 60.8 Å². The number of quaternary nitrogens is 1. The molecule has 0 aliphatic rings. The molecule has 9 heteroatoms. The summed E-state index contributed by atoms with van der Waals surface area (Å²) < 4.78 is 23.3. The molecule has 0 aliphatic carbocycles. The summed E-state index contributed by atoms with van der Waals surface area (Å²) in [6.45, 7) is 4.54. The summed E-state index contributed by atoms with van der Waals surface area (Å²) in [6.07, 6.45) is 62.9. The number of rotatable bonds is 49. The number of likely N-dealkylation sites (N-methyl/N-ethyl adjacent to an activating group) is 1. The number of unbranched alkanes of at least 4 members (excludes halogenated alkanes) is 27. The number of nitrogens with zero attached hydrogens (tertiary/aromatic N) is 1. The molecule has 1 amide bonds. The van der Waals surface area contributed by atoms with Crippen LogP contribution in [0.1, 0.15) is 239 Å². The summed E-state index contributed by atoms with van der Waals surface area (Å²) in [5.74, 6) is -0.291. The predicted molar refractivity (Wildman–Crippen MR) is 279 cm³/mol. The van der Waals surface area contributed by atoms with E-state index in [9.17, 15) is 19.4 Å². The van der Waals surface area contributed by atoms with Gasteiger partial charge in [-0.1, -0.05) is 254 Å². The number of allylic oxidation sites excluding steroid dienone is 9. The molecule has 65 heavy (non-hydrogen) atoms. The molecule has 0 bridgehead atoms. The topological polar surface area (TPSA) is 108 Å². The lowest BCUT2D eigenvalue weighted by Crippen LogP contribution is -2.46. The van der Waals surface area contributed by atoms with Gasteiger partial charge in [0.25, 0.3) is 7.82 Å². The molecule has 0 aliphatic heterocycles. The van der Waals surface area contributed by atoms with Crippen LogP contribution in [0, 0.1) is 0 Å². The Kier molecular flexibility index (Phi) is 46.0. The van der Waals surface area contributed by atoms with E-state index in [4.69, 9.17) is 9.05 Å². The molecule has 0 saturated carbocycles. The van der Waals surface area contributed by atoms with E-state index in [-0.39, 0.29) is 25.5 Å². The zero-order valence-corrected chi connectivity index (χ0v) is 44.1. The van der Waals surface area contributed by atoms with Gasteiger partial charge in [-0.05, 0) is 38.5 Å². The Labute approximate surface area is 402 Å². The summed E-state index contributed by atoms with van der Waals surface area (Å²) >= 11 is 0. The Bertz CT molecular complexity index is 1240. The van der Waals surface area contributed by atoms with Gasteiger partial charge < -0.3 is 28.8 Å². The first-order chi connectivity index (χ1) is 31.5. The second-order valence-corrected chi connectivity index (χ2v) is 21.0. The van der Waals surface area contributed by atoms with Crippen molar-refractivity contribution in [1.29, 1.82) is 0 Å². The molecule has 2 N–H and O–H groups in total. The number of phosphoric acid groups is 1. The fourth-order valence-electron chi connectivity index (χ4n) is 7.82. The van der Waals surface area contributed by atoms with Crippen molar-refractivity contribution in [2.45, 2.75) is 251 Å². The van der Waals surface area contributed by atoms with Gasteiger partial charge in [0.15, 0.2) is 0 Å². The first-order valence-corrected chi connectivity index (χ1v) is 28.6. The normalized spacial score (nSPS) is 14.5. The van der Waals surface area contributed by atoms with Crippen molar-refractivity contribution in [2.24, 2.45) is 0 Å². The van der Waals surface area contributed by atoms with Crippen molar-refractivity contribution in [3.8, 4) is 0 Å². The third kappa shape index (κ3) is 49.9. The lowest BCUT2D eigenvalue weighted by Gasteiger charge is -2.30. The largest absolute Gasteiger partial charge is 0.756 e. The lowest BCUT2D eigenvalue weighted by molar-refractivity contribution is -0.870. The predicted octanol–water partition coefficient (Wildman–Crippen LogP) is 15.5. The molecule has 0 spiro atoms. The van der Waals surface area contributed by atoms with E-state index in [1.54, 1.807) is 6.08 Å². The van der Waals surface area contributed by atoms with Crippen molar-refractivity contribution in [1.82, 2.24) is 5.32 Å². The highest BCUT2D eigenvalue weighted by atomic mass is 31.2. The molecule has 0 aromatic carbocycles. The van der Waals surface area contributed by atoms with Gasteiger partial charge in [0, 0.05) is 6.42 Å². The van der Waals surface area contributed by atoms with Crippen molar-refractivity contribution in [3.05, 3.63) is 60.8 Å². The smallest absolute Gasteiger partial charge is 0.268 e. The number of aliphatic hydroxyl groups is 1. The Morgan fingerprint density at radius 1 is 0.538 bits per heavy atom. The van der Waals surface area contributed by atoms with Gasteiger partial charge in [-0.25, -0.2) is 0 Å². The Balaban J connectivity index is 4.19. The first-order valence-electron chi connectivity index (χ1n) is 27.1. The maximum Gasteiger partial charge on any atom is 0.268 e. The molecule has 0 aromatic heterocycles. The van der Waals surface area contributed by atoms with Crippen LogP contribution in [-0.2, 0) is 18.4 Å². The molecule has 0 rings (SSSR count). The summed E-state index contributed by atoms with van der Waals surface area (Å²) in [6, 6.07) is -0.858. The summed E-state index contributed by atoms with van der Waals surface area (Å²) in [5.41, 5.74) is 0. The number of phosphoric ester groups is 1. The fraction of sp³-hybridized carbons (Fsp3) is 0.804. The van der Waals surface area contributed by atoms with Crippen LogP contribution in [0.5, 0.6) is 0 Å². The van der Waals surface area contributed by atoms with E-state index >= 15 is 0 Å². The summed E-state index contributed by atoms with van der Waals surface area (Å²) in [7, 11) is 1.25. The summed E-state index contributed by atoms with van der Waals surface area (Å²) in [5, 5.41) is 13.9. The minimum Gasteiger partial charge on any atom is -0.756 e. The molecule has 8 nitrogen and oxygen atoms in total. The van der Waals surface area contributed by atoms with E-state index in [0.717, 1.165) is 44.9 Å². The van der Waals surface area contributed by atoms with Crippen molar-refractivity contribution in [3.63, 3.8) is 0 Å². The standard InChI is InChI=1S/C56H105N2O6P/c1-6-8-10-12-14-16-18-20-22-23-24-25-26-27-28-29-30-31-32-33-34-36-37-39-41-43-45-47-49-55(59)54(53-64-65(61,62)63-52-51-58(3,4)5)57-56(60)50-48-46-44-42-40-38-35-21-19-17-15-13-11-9-7-2/h9,11,15,17,21,35,40,42,46,48,54-55,59H,6-8,10,12-14,16,18-20,22-34,36-39,41,43-45,47,49-53H2,1-5H3,(H-,57,60,61,62)/b11-9-,17-15-,35-21-,42-40-,48-46-. The molecule has 3 atom stereocenters. The quantitative estimate of drug-likeness (QED) is 0.0272.